The van der Waals surface area contributed by atoms with Gasteiger partial charge in [-0.25, -0.2) is 0 Å². The van der Waals surface area contributed by atoms with Crippen molar-refractivity contribution >= 4 is 0 Å². The zero-order valence-electron chi connectivity index (χ0n) is 15.7. The Morgan fingerprint density at radius 2 is 1.88 bits per heavy atom. The second kappa shape index (κ2) is 10.3. The van der Waals surface area contributed by atoms with Crippen molar-refractivity contribution in [3.05, 3.63) is 65.7 Å². The van der Waals surface area contributed by atoms with E-state index in [-0.39, 0.29) is 0 Å². The molecule has 1 unspecified atom stereocenters. The SMILES string of the molecule is CCCOc1cccc(CNCC(c2ccccc2)N2CCOCC2)c1. The lowest BCUT2D eigenvalue weighted by atomic mass is 10.0. The molecule has 0 aromatic heterocycles. The van der Waals surface area contributed by atoms with Crippen LogP contribution in [0.1, 0.15) is 30.5 Å². The molecule has 0 amide bonds. The van der Waals surface area contributed by atoms with Gasteiger partial charge in [0.2, 0.25) is 0 Å². The molecule has 1 aliphatic heterocycles. The molecule has 0 bridgehead atoms. The highest BCUT2D eigenvalue weighted by molar-refractivity contribution is 5.28. The highest BCUT2D eigenvalue weighted by atomic mass is 16.5. The summed E-state index contributed by atoms with van der Waals surface area (Å²) >= 11 is 0. The summed E-state index contributed by atoms with van der Waals surface area (Å²) in [5, 5.41) is 3.64. The second-order valence-corrected chi connectivity index (χ2v) is 6.70. The third-order valence-electron chi connectivity index (χ3n) is 4.71. The summed E-state index contributed by atoms with van der Waals surface area (Å²) < 4.78 is 11.3. The van der Waals surface area contributed by atoms with Gasteiger partial charge in [0.05, 0.1) is 19.8 Å². The fourth-order valence-electron chi connectivity index (χ4n) is 3.34. The summed E-state index contributed by atoms with van der Waals surface area (Å²) in [7, 11) is 0. The van der Waals surface area contributed by atoms with Gasteiger partial charge in [-0.15, -0.1) is 0 Å². The third kappa shape index (κ3) is 5.56. The van der Waals surface area contributed by atoms with Crippen molar-refractivity contribution in [1.82, 2.24) is 10.2 Å². The summed E-state index contributed by atoms with van der Waals surface area (Å²) in [6.07, 6.45) is 1.03. The zero-order valence-corrected chi connectivity index (χ0v) is 15.7. The van der Waals surface area contributed by atoms with Gasteiger partial charge in [-0.05, 0) is 29.7 Å². The molecule has 3 rings (SSSR count). The highest BCUT2D eigenvalue weighted by Crippen LogP contribution is 2.21. The smallest absolute Gasteiger partial charge is 0.119 e. The molecule has 0 aliphatic carbocycles. The van der Waals surface area contributed by atoms with Gasteiger partial charge >= 0.3 is 0 Å². The number of nitrogens with zero attached hydrogens (tertiary/aromatic N) is 1. The lowest BCUT2D eigenvalue weighted by molar-refractivity contribution is 0.0161. The lowest BCUT2D eigenvalue weighted by Gasteiger charge is -2.35. The number of ether oxygens (including phenoxy) is 2. The van der Waals surface area contributed by atoms with Crippen LogP contribution in [0.25, 0.3) is 0 Å². The minimum absolute atomic E-state index is 0.375. The minimum atomic E-state index is 0.375. The molecule has 1 N–H and O–H groups in total. The Bertz CT molecular complexity index is 642. The fourth-order valence-corrected chi connectivity index (χ4v) is 3.34. The summed E-state index contributed by atoms with van der Waals surface area (Å²) in [6.45, 7) is 8.27. The van der Waals surface area contributed by atoms with E-state index >= 15 is 0 Å². The van der Waals surface area contributed by atoms with E-state index in [2.05, 4.69) is 65.7 Å². The predicted molar refractivity (Wildman–Crippen MR) is 106 cm³/mol. The Balaban J connectivity index is 1.59. The summed E-state index contributed by atoms with van der Waals surface area (Å²) in [4.78, 5) is 2.52. The molecule has 26 heavy (non-hydrogen) atoms. The van der Waals surface area contributed by atoms with Gasteiger partial charge in [0.25, 0.3) is 0 Å². The van der Waals surface area contributed by atoms with Crippen molar-refractivity contribution in [2.24, 2.45) is 0 Å². The third-order valence-corrected chi connectivity index (χ3v) is 4.71. The Labute approximate surface area is 157 Å². The molecule has 1 saturated heterocycles. The van der Waals surface area contributed by atoms with Crippen LogP contribution in [0.5, 0.6) is 5.75 Å². The molecule has 0 saturated carbocycles. The van der Waals surface area contributed by atoms with Crippen LogP contribution in [0.4, 0.5) is 0 Å². The minimum Gasteiger partial charge on any atom is -0.494 e. The number of morpholine rings is 1. The monoisotopic (exact) mass is 354 g/mol. The van der Waals surface area contributed by atoms with Crippen molar-refractivity contribution in [1.29, 1.82) is 0 Å². The van der Waals surface area contributed by atoms with Crippen LogP contribution < -0.4 is 10.1 Å². The molecule has 2 aromatic rings. The van der Waals surface area contributed by atoms with E-state index in [1.165, 1.54) is 11.1 Å². The van der Waals surface area contributed by atoms with Gasteiger partial charge in [0.15, 0.2) is 0 Å². The fraction of sp³-hybridized carbons (Fsp3) is 0.455. The van der Waals surface area contributed by atoms with Crippen LogP contribution in [0.3, 0.4) is 0 Å². The molecule has 4 heteroatoms. The molecule has 1 aliphatic rings. The first-order valence-electron chi connectivity index (χ1n) is 9.66. The molecular formula is C22H30N2O2. The largest absolute Gasteiger partial charge is 0.494 e. The van der Waals surface area contributed by atoms with Crippen molar-refractivity contribution in [2.45, 2.75) is 25.9 Å². The first kappa shape index (κ1) is 18.9. The van der Waals surface area contributed by atoms with Crippen molar-refractivity contribution in [3.8, 4) is 5.75 Å². The predicted octanol–water partition coefficient (Wildman–Crippen LogP) is 3.64. The van der Waals surface area contributed by atoms with Crippen LogP contribution in [0.2, 0.25) is 0 Å². The topological polar surface area (TPSA) is 33.7 Å². The van der Waals surface area contributed by atoms with Gasteiger partial charge in [-0.2, -0.15) is 0 Å². The van der Waals surface area contributed by atoms with Gasteiger partial charge in [0, 0.05) is 32.2 Å². The maximum atomic E-state index is 5.74. The molecule has 0 spiro atoms. The number of hydrogen-bond acceptors (Lipinski definition) is 4. The van der Waals surface area contributed by atoms with Crippen LogP contribution in [0.15, 0.2) is 54.6 Å². The molecule has 2 aromatic carbocycles. The van der Waals surface area contributed by atoms with Crippen LogP contribution in [-0.2, 0) is 11.3 Å². The number of rotatable bonds is 9. The van der Waals surface area contributed by atoms with Crippen LogP contribution in [-0.4, -0.2) is 44.4 Å². The second-order valence-electron chi connectivity index (χ2n) is 6.70. The summed E-state index contributed by atoms with van der Waals surface area (Å²) in [6, 6.07) is 19.5. The first-order chi connectivity index (χ1) is 12.9. The molecule has 4 nitrogen and oxygen atoms in total. The van der Waals surface area contributed by atoms with Gasteiger partial charge in [-0.1, -0.05) is 49.4 Å². The number of benzene rings is 2. The molecule has 140 valence electrons. The maximum Gasteiger partial charge on any atom is 0.119 e. The standard InChI is InChI=1S/C22H30N2O2/c1-2-13-26-21-10-6-7-19(16-21)17-23-18-22(20-8-4-3-5-9-20)24-11-14-25-15-12-24/h3-10,16,22-23H,2,11-15,17-18H2,1H3. The van der Waals surface area contributed by atoms with E-state index in [1.807, 2.05) is 6.07 Å². The van der Waals surface area contributed by atoms with Crippen LogP contribution >= 0.6 is 0 Å². The number of nitrogens with one attached hydrogen (secondary N) is 1. The van der Waals surface area contributed by atoms with E-state index in [0.717, 1.165) is 58.2 Å². The highest BCUT2D eigenvalue weighted by Gasteiger charge is 2.22. The zero-order chi connectivity index (χ0) is 18.0. The van der Waals surface area contributed by atoms with Gasteiger partial charge in [0.1, 0.15) is 5.75 Å². The van der Waals surface area contributed by atoms with Crippen molar-refractivity contribution in [3.63, 3.8) is 0 Å². The van der Waals surface area contributed by atoms with E-state index < -0.39 is 0 Å². The molecule has 1 heterocycles. The number of hydrogen-bond donors (Lipinski definition) is 1. The average molecular weight is 354 g/mol. The van der Waals surface area contributed by atoms with Gasteiger partial charge in [-0.3, -0.25) is 4.90 Å². The summed E-state index contributed by atoms with van der Waals surface area (Å²) in [5.74, 6) is 0.957. The van der Waals surface area contributed by atoms with E-state index in [1.54, 1.807) is 0 Å². The molecule has 0 radical (unpaired) electrons. The van der Waals surface area contributed by atoms with Crippen LogP contribution in [0, 0.1) is 0 Å². The molecular weight excluding hydrogens is 324 g/mol. The Morgan fingerprint density at radius 1 is 1.08 bits per heavy atom. The van der Waals surface area contributed by atoms with Crippen molar-refractivity contribution in [2.75, 3.05) is 39.5 Å². The first-order valence-corrected chi connectivity index (χ1v) is 9.66. The molecule has 1 fully saturated rings. The Morgan fingerprint density at radius 3 is 2.65 bits per heavy atom. The van der Waals surface area contributed by atoms with Gasteiger partial charge < -0.3 is 14.8 Å². The van der Waals surface area contributed by atoms with E-state index in [4.69, 9.17) is 9.47 Å². The summed E-state index contributed by atoms with van der Waals surface area (Å²) in [5.41, 5.74) is 2.62. The maximum absolute atomic E-state index is 5.74. The Hall–Kier alpha value is -1.88. The van der Waals surface area contributed by atoms with E-state index in [9.17, 15) is 0 Å². The normalized spacial score (nSPS) is 16.3. The van der Waals surface area contributed by atoms with Crippen molar-refractivity contribution < 1.29 is 9.47 Å². The quantitative estimate of drug-likeness (QED) is 0.745. The van der Waals surface area contributed by atoms with E-state index in [0.29, 0.717) is 6.04 Å². The Kier molecular flexibility index (Phi) is 7.50. The molecule has 1 atom stereocenters. The lowest BCUT2D eigenvalue weighted by Crippen LogP contribution is -2.42. The average Bonchev–Trinajstić information content (AvgIpc) is 2.71.